The van der Waals surface area contributed by atoms with Crippen LogP contribution in [-0.4, -0.2) is 23.3 Å². The van der Waals surface area contributed by atoms with Crippen molar-refractivity contribution >= 4 is 17.7 Å². The summed E-state index contributed by atoms with van der Waals surface area (Å²) < 4.78 is 4.80. The summed E-state index contributed by atoms with van der Waals surface area (Å²) in [5.74, 6) is 0.349. The molecule has 1 aromatic rings. The average Bonchev–Trinajstić information content (AvgIpc) is 2.67. The smallest absolute Gasteiger partial charge is 0.343 e. The van der Waals surface area contributed by atoms with Crippen molar-refractivity contribution < 1.29 is 9.53 Å². The molecule has 1 aliphatic rings. The molecular formula is C10H11NO3S. The molecule has 4 nitrogen and oxygen atoms in total. The van der Waals surface area contributed by atoms with Gasteiger partial charge in [0.2, 0.25) is 5.43 Å². The third-order valence-corrected chi connectivity index (χ3v) is 3.34. The maximum atomic E-state index is 11.8. The molecule has 0 aromatic carbocycles. The highest BCUT2D eigenvalue weighted by Crippen LogP contribution is 2.26. The fraction of sp³-hybridized carbons (Fsp3) is 0.400. The molecule has 0 saturated carbocycles. The molecule has 1 aromatic heterocycles. The largest absolute Gasteiger partial charge is 0.462 e. The summed E-state index contributed by atoms with van der Waals surface area (Å²) in [5.41, 5.74) is 0.827. The molecule has 0 saturated heterocycles. The number of thioether (sulfide) groups is 1. The Morgan fingerprint density at radius 2 is 2.47 bits per heavy atom. The van der Waals surface area contributed by atoms with Gasteiger partial charge in [0, 0.05) is 17.6 Å². The van der Waals surface area contributed by atoms with Gasteiger partial charge in [0.25, 0.3) is 0 Å². The maximum Gasteiger partial charge on any atom is 0.343 e. The van der Waals surface area contributed by atoms with Gasteiger partial charge < -0.3 is 9.72 Å². The van der Waals surface area contributed by atoms with E-state index in [4.69, 9.17) is 4.74 Å². The van der Waals surface area contributed by atoms with E-state index >= 15 is 0 Å². The van der Waals surface area contributed by atoms with Gasteiger partial charge in [-0.3, -0.25) is 4.79 Å². The van der Waals surface area contributed by atoms with Crippen molar-refractivity contribution in [2.45, 2.75) is 18.2 Å². The average molecular weight is 225 g/mol. The number of aromatic nitrogens is 1. The van der Waals surface area contributed by atoms with E-state index in [1.807, 2.05) is 0 Å². The van der Waals surface area contributed by atoms with Gasteiger partial charge in [-0.1, -0.05) is 0 Å². The SMILES string of the molecule is CCOC(=O)c1c[nH]c2c(c1=O)SCC2. The molecular weight excluding hydrogens is 214 g/mol. The van der Waals surface area contributed by atoms with Crippen molar-refractivity contribution in [1.82, 2.24) is 4.98 Å². The molecule has 1 N–H and O–H groups in total. The van der Waals surface area contributed by atoms with Gasteiger partial charge in [-0.15, -0.1) is 11.8 Å². The van der Waals surface area contributed by atoms with E-state index in [0.29, 0.717) is 4.90 Å². The molecule has 0 fully saturated rings. The first-order valence-electron chi connectivity index (χ1n) is 4.78. The number of hydrogen-bond donors (Lipinski definition) is 1. The Hall–Kier alpha value is -1.23. The summed E-state index contributed by atoms with van der Waals surface area (Å²) in [6.07, 6.45) is 2.31. The first kappa shape index (κ1) is 10.3. The minimum atomic E-state index is -0.547. The number of carbonyl (C=O) groups excluding carboxylic acids is 1. The second-order valence-electron chi connectivity index (χ2n) is 3.16. The van der Waals surface area contributed by atoms with E-state index in [-0.39, 0.29) is 17.6 Å². The first-order valence-corrected chi connectivity index (χ1v) is 5.77. The lowest BCUT2D eigenvalue weighted by Gasteiger charge is -2.03. The number of fused-ring (bicyclic) bond motifs is 1. The molecule has 0 atom stereocenters. The Bertz CT molecular complexity index is 452. The Balaban J connectivity index is 2.43. The van der Waals surface area contributed by atoms with Gasteiger partial charge in [0.15, 0.2) is 0 Å². The van der Waals surface area contributed by atoms with Gasteiger partial charge in [0.1, 0.15) is 5.56 Å². The number of nitrogens with one attached hydrogen (secondary N) is 1. The highest BCUT2D eigenvalue weighted by atomic mass is 32.2. The number of H-pyrrole nitrogens is 1. The topological polar surface area (TPSA) is 59.2 Å². The molecule has 0 amide bonds. The van der Waals surface area contributed by atoms with Crippen LogP contribution < -0.4 is 5.43 Å². The molecule has 0 unspecified atom stereocenters. The van der Waals surface area contributed by atoms with Crippen LogP contribution in [0.4, 0.5) is 0 Å². The zero-order valence-corrected chi connectivity index (χ0v) is 9.15. The summed E-state index contributed by atoms with van der Waals surface area (Å²) >= 11 is 1.49. The van der Waals surface area contributed by atoms with Crippen LogP contribution in [0.15, 0.2) is 15.9 Å². The highest BCUT2D eigenvalue weighted by molar-refractivity contribution is 7.99. The van der Waals surface area contributed by atoms with Crippen molar-refractivity contribution in [1.29, 1.82) is 0 Å². The Labute approximate surface area is 91.0 Å². The van der Waals surface area contributed by atoms with Crippen molar-refractivity contribution in [2.24, 2.45) is 0 Å². The van der Waals surface area contributed by atoms with Crippen LogP contribution in [0, 0.1) is 0 Å². The number of ether oxygens (including phenoxy) is 1. The highest BCUT2D eigenvalue weighted by Gasteiger charge is 2.21. The van der Waals surface area contributed by atoms with Crippen molar-refractivity contribution in [2.75, 3.05) is 12.4 Å². The van der Waals surface area contributed by atoms with Gasteiger partial charge in [0.05, 0.1) is 11.5 Å². The van der Waals surface area contributed by atoms with Crippen molar-refractivity contribution in [3.8, 4) is 0 Å². The second-order valence-corrected chi connectivity index (χ2v) is 4.26. The van der Waals surface area contributed by atoms with E-state index in [2.05, 4.69) is 4.98 Å². The molecule has 0 spiro atoms. The van der Waals surface area contributed by atoms with Crippen LogP contribution >= 0.6 is 11.8 Å². The first-order chi connectivity index (χ1) is 7.24. The van der Waals surface area contributed by atoms with Crippen molar-refractivity contribution in [3.63, 3.8) is 0 Å². The maximum absolute atomic E-state index is 11.8. The zero-order chi connectivity index (χ0) is 10.8. The fourth-order valence-corrected chi connectivity index (χ4v) is 2.59. The van der Waals surface area contributed by atoms with Crippen LogP contribution in [0.5, 0.6) is 0 Å². The van der Waals surface area contributed by atoms with Crippen LogP contribution in [0.3, 0.4) is 0 Å². The monoisotopic (exact) mass is 225 g/mol. The van der Waals surface area contributed by atoms with E-state index in [1.54, 1.807) is 6.92 Å². The van der Waals surface area contributed by atoms with Gasteiger partial charge in [-0.2, -0.15) is 0 Å². The molecule has 1 aliphatic heterocycles. The quantitative estimate of drug-likeness (QED) is 0.768. The van der Waals surface area contributed by atoms with Crippen molar-refractivity contribution in [3.05, 3.63) is 27.7 Å². The number of carbonyl (C=O) groups is 1. The lowest BCUT2D eigenvalue weighted by Crippen LogP contribution is -2.19. The lowest BCUT2D eigenvalue weighted by molar-refractivity contribution is 0.0524. The molecule has 2 heterocycles. The van der Waals surface area contributed by atoms with Crippen LogP contribution in [0.25, 0.3) is 0 Å². The summed E-state index contributed by atoms with van der Waals surface area (Å²) in [6.45, 7) is 2.00. The predicted octanol–water partition coefficient (Wildman–Crippen LogP) is 1.20. The molecule has 5 heteroatoms. The number of esters is 1. The summed E-state index contributed by atoms with van der Waals surface area (Å²) in [5, 5.41) is 0. The van der Waals surface area contributed by atoms with E-state index < -0.39 is 5.97 Å². The number of pyridine rings is 1. The molecule has 80 valence electrons. The van der Waals surface area contributed by atoms with E-state index in [9.17, 15) is 9.59 Å². The third-order valence-electron chi connectivity index (χ3n) is 2.21. The van der Waals surface area contributed by atoms with E-state index in [1.165, 1.54) is 18.0 Å². The van der Waals surface area contributed by atoms with Gasteiger partial charge in [-0.05, 0) is 13.3 Å². The van der Waals surface area contributed by atoms with E-state index in [0.717, 1.165) is 17.9 Å². The molecule has 0 radical (unpaired) electrons. The Kier molecular flexibility index (Phi) is 2.81. The number of hydrogen-bond acceptors (Lipinski definition) is 4. The van der Waals surface area contributed by atoms with Gasteiger partial charge in [-0.25, -0.2) is 4.79 Å². The minimum Gasteiger partial charge on any atom is -0.462 e. The summed E-state index contributed by atoms with van der Waals surface area (Å²) in [6, 6.07) is 0. The molecule has 15 heavy (non-hydrogen) atoms. The summed E-state index contributed by atoms with van der Waals surface area (Å²) in [4.78, 5) is 26.9. The number of rotatable bonds is 2. The fourth-order valence-electron chi connectivity index (χ4n) is 1.50. The summed E-state index contributed by atoms with van der Waals surface area (Å²) in [7, 11) is 0. The standard InChI is InChI=1S/C10H11NO3S/c1-2-14-10(13)6-5-11-7-3-4-15-9(7)8(6)12/h5H,2-4H2,1H3,(H,11,12). The second kappa shape index (κ2) is 4.10. The molecule has 0 aliphatic carbocycles. The van der Waals surface area contributed by atoms with Crippen LogP contribution in [0.1, 0.15) is 23.0 Å². The number of aromatic amines is 1. The van der Waals surface area contributed by atoms with Crippen LogP contribution in [-0.2, 0) is 11.2 Å². The lowest BCUT2D eigenvalue weighted by atomic mass is 10.2. The number of aryl methyl sites for hydroxylation is 1. The van der Waals surface area contributed by atoms with Gasteiger partial charge >= 0.3 is 5.97 Å². The Morgan fingerprint density at radius 3 is 3.20 bits per heavy atom. The Morgan fingerprint density at radius 1 is 1.67 bits per heavy atom. The molecule has 2 rings (SSSR count). The zero-order valence-electron chi connectivity index (χ0n) is 8.33. The molecule has 0 bridgehead atoms. The normalized spacial score (nSPS) is 13.7. The van der Waals surface area contributed by atoms with Crippen LogP contribution in [0.2, 0.25) is 0 Å². The third kappa shape index (κ3) is 1.79. The predicted molar refractivity (Wildman–Crippen MR) is 57.4 cm³/mol. The minimum absolute atomic E-state index is 0.102.